The molecule has 3 unspecified atom stereocenters. The quantitative estimate of drug-likeness (QED) is 0.836. The van der Waals surface area contributed by atoms with Crippen LogP contribution in [0.4, 0.5) is 0 Å². The molecule has 2 heterocycles. The minimum absolute atomic E-state index is 0.400. The Labute approximate surface area is 96.1 Å². The fourth-order valence-corrected chi connectivity index (χ4v) is 3.07. The first-order valence-electron chi connectivity index (χ1n) is 5.71. The van der Waals surface area contributed by atoms with Crippen LogP contribution >= 0.6 is 11.3 Å². The average Bonchev–Trinajstić information content (AvgIpc) is 2.74. The molecule has 2 nitrogen and oxygen atoms in total. The molecule has 0 amide bonds. The van der Waals surface area contributed by atoms with Gasteiger partial charge in [-0.1, -0.05) is 13.0 Å². The molecule has 3 atom stereocenters. The molecule has 0 bridgehead atoms. The summed E-state index contributed by atoms with van der Waals surface area (Å²) in [6.45, 7) is 6.85. The lowest BCUT2D eigenvalue weighted by Gasteiger charge is -2.38. The van der Waals surface area contributed by atoms with Crippen molar-refractivity contribution in [3.05, 3.63) is 22.4 Å². The van der Waals surface area contributed by atoms with E-state index in [1.165, 1.54) is 4.88 Å². The maximum absolute atomic E-state index is 6.04. The maximum atomic E-state index is 6.04. The van der Waals surface area contributed by atoms with Gasteiger partial charge in [0.05, 0.1) is 0 Å². The lowest BCUT2D eigenvalue weighted by molar-refractivity contribution is 0.126. The summed E-state index contributed by atoms with van der Waals surface area (Å²) in [4.78, 5) is 4.03. The summed E-state index contributed by atoms with van der Waals surface area (Å²) in [5, 5.41) is 2.16. The molecule has 1 saturated heterocycles. The van der Waals surface area contributed by atoms with Gasteiger partial charge in [0, 0.05) is 30.1 Å². The zero-order chi connectivity index (χ0) is 10.8. The number of hydrogen-bond donors (Lipinski definition) is 1. The van der Waals surface area contributed by atoms with Gasteiger partial charge in [-0.2, -0.15) is 0 Å². The molecule has 0 saturated carbocycles. The number of likely N-dealkylation sites (tertiary alicyclic amines) is 1. The topological polar surface area (TPSA) is 29.3 Å². The van der Waals surface area contributed by atoms with E-state index in [9.17, 15) is 0 Å². The van der Waals surface area contributed by atoms with E-state index in [2.05, 4.69) is 36.3 Å². The smallest absolute Gasteiger partial charge is 0.0413 e. The van der Waals surface area contributed by atoms with Gasteiger partial charge in [0.25, 0.3) is 0 Å². The van der Waals surface area contributed by atoms with Crippen LogP contribution < -0.4 is 5.73 Å². The van der Waals surface area contributed by atoms with Gasteiger partial charge in [0.2, 0.25) is 0 Å². The van der Waals surface area contributed by atoms with Crippen LogP contribution in [-0.4, -0.2) is 24.0 Å². The highest BCUT2D eigenvalue weighted by molar-refractivity contribution is 7.10. The molecule has 84 valence electrons. The van der Waals surface area contributed by atoms with Crippen LogP contribution in [-0.2, 0) is 0 Å². The van der Waals surface area contributed by atoms with Crippen LogP contribution in [0.15, 0.2) is 17.5 Å². The summed E-state index contributed by atoms with van der Waals surface area (Å²) in [7, 11) is 0. The normalized spacial score (nSPS) is 30.3. The number of hydrogen-bond acceptors (Lipinski definition) is 3. The van der Waals surface area contributed by atoms with Gasteiger partial charge in [0.15, 0.2) is 0 Å². The van der Waals surface area contributed by atoms with Gasteiger partial charge >= 0.3 is 0 Å². The van der Waals surface area contributed by atoms with Crippen molar-refractivity contribution in [2.45, 2.75) is 32.4 Å². The fourth-order valence-electron chi connectivity index (χ4n) is 2.26. The Bertz CT molecular complexity index is 297. The Hall–Kier alpha value is -0.380. The van der Waals surface area contributed by atoms with E-state index in [0.29, 0.717) is 18.0 Å². The monoisotopic (exact) mass is 224 g/mol. The zero-order valence-corrected chi connectivity index (χ0v) is 10.3. The minimum atomic E-state index is 0.400. The van der Waals surface area contributed by atoms with E-state index in [0.717, 1.165) is 19.5 Å². The predicted molar refractivity (Wildman–Crippen MR) is 66.1 cm³/mol. The Morgan fingerprint density at radius 3 is 3.00 bits per heavy atom. The van der Waals surface area contributed by atoms with Crippen molar-refractivity contribution in [1.29, 1.82) is 0 Å². The van der Waals surface area contributed by atoms with E-state index >= 15 is 0 Å². The van der Waals surface area contributed by atoms with Gasteiger partial charge in [0.1, 0.15) is 0 Å². The van der Waals surface area contributed by atoms with Crippen LogP contribution in [0.25, 0.3) is 0 Å². The van der Waals surface area contributed by atoms with Crippen molar-refractivity contribution in [1.82, 2.24) is 4.90 Å². The standard InChI is InChI=1S/C12H20N2S/c1-9-8-14(6-5-11(9)13)10(2)12-4-3-7-15-12/h3-4,7,9-11H,5-6,8,13H2,1-2H3. The van der Waals surface area contributed by atoms with E-state index in [1.807, 2.05) is 11.3 Å². The van der Waals surface area contributed by atoms with E-state index < -0.39 is 0 Å². The van der Waals surface area contributed by atoms with Crippen molar-refractivity contribution >= 4 is 11.3 Å². The second kappa shape index (κ2) is 4.64. The third-order valence-electron chi connectivity index (χ3n) is 3.51. The number of nitrogens with zero attached hydrogens (tertiary/aromatic N) is 1. The molecular formula is C12H20N2S. The van der Waals surface area contributed by atoms with Gasteiger partial charge in [-0.05, 0) is 30.7 Å². The second-order valence-corrected chi connectivity index (χ2v) is 5.60. The molecule has 15 heavy (non-hydrogen) atoms. The third kappa shape index (κ3) is 2.41. The SMILES string of the molecule is CC1CN(C(C)c2cccs2)CCC1N. The highest BCUT2D eigenvalue weighted by Crippen LogP contribution is 2.28. The first-order chi connectivity index (χ1) is 7.18. The van der Waals surface area contributed by atoms with Gasteiger partial charge < -0.3 is 5.73 Å². The minimum Gasteiger partial charge on any atom is -0.327 e. The summed E-state index contributed by atoms with van der Waals surface area (Å²) in [5.74, 6) is 0.626. The molecule has 0 aromatic carbocycles. The Kier molecular flexibility index (Phi) is 3.44. The largest absolute Gasteiger partial charge is 0.327 e. The van der Waals surface area contributed by atoms with E-state index in [1.54, 1.807) is 0 Å². The summed E-state index contributed by atoms with van der Waals surface area (Å²) >= 11 is 1.85. The van der Waals surface area contributed by atoms with Gasteiger partial charge in [-0.25, -0.2) is 0 Å². The van der Waals surface area contributed by atoms with E-state index in [-0.39, 0.29) is 0 Å². The fraction of sp³-hybridized carbons (Fsp3) is 0.667. The summed E-state index contributed by atoms with van der Waals surface area (Å²) in [6, 6.07) is 5.32. The van der Waals surface area contributed by atoms with Gasteiger partial charge in [-0.3, -0.25) is 4.90 Å². The zero-order valence-electron chi connectivity index (χ0n) is 9.52. The Morgan fingerprint density at radius 1 is 1.60 bits per heavy atom. The molecule has 2 N–H and O–H groups in total. The number of nitrogens with two attached hydrogens (primary N) is 1. The first kappa shape index (κ1) is 11.1. The second-order valence-electron chi connectivity index (χ2n) is 4.62. The molecule has 1 aliphatic heterocycles. The van der Waals surface area contributed by atoms with E-state index in [4.69, 9.17) is 5.73 Å². The molecule has 1 fully saturated rings. The number of piperidine rings is 1. The van der Waals surface area contributed by atoms with Crippen LogP contribution in [0.5, 0.6) is 0 Å². The molecule has 0 spiro atoms. The molecule has 0 aliphatic carbocycles. The molecule has 3 heteroatoms. The molecule has 2 rings (SSSR count). The van der Waals surface area contributed by atoms with Crippen molar-refractivity contribution in [3.63, 3.8) is 0 Å². The number of rotatable bonds is 2. The average molecular weight is 224 g/mol. The van der Waals surface area contributed by atoms with Crippen LogP contribution in [0.1, 0.15) is 31.2 Å². The lowest BCUT2D eigenvalue weighted by Crippen LogP contribution is -2.46. The molecule has 1 aromatic heterocycles. The molecule has 1 aliphatic rings. The van der Waals surface area contributed by atoms with Crippen molar-refractivity contribution < 1.29 is 0 Å². The Balaban J connectivity index is 2.00. The van der Waals surface area contributed by atoms with Crippen molar-refractivity contribution in [3.8, 4) is 0 Å². The molecule has 1 aromatic rings. The van der Waals surface area contributed by atoms with Crippen LogP contribution in [0, 0.1) is 5.92 Å². The van der Waals surface area contributed by atoms with Crippen molar-refractivity contribution in [2.75, 3.05) is 13.1 Å². The summed E-state index contributed by atoms with van der Waals surface area (Å²) < 4.78 is 0. The highest BCUT2D eigenvalue weighted by atomic mass is 32.1. The van der Waals surface area contributed by atoms with Gasteiger partial charge in [-0.15, -0.1) is 11.3 Å². The molecular weight excluding hydrogens is 204 g/mol. The summed E-state index contributed by atoms with van der Waals surface area (Å²) in [5.41, 5.74) is 6.04. The first-order valence-corrected chi connectivity index (χ1v) is 6.59. The molecule has 0 radical (unpaired) electrons. The van der Waals surface area contributed by atoms with Crippen LogP contribution in [0.2, 0.25) is 0 Å². The van der Waals surface area contributed by atoms with Crippen molar-refractivity contribution in [2.24, 2.45) is 11.7 Å². The maximum Gasteiger partial charge on any atom is 0.0413 e. The predicted octanol–water partition coefficient (Wildman–Crippen LogP) is 2.48. The lowest BCUT2D eigenvalue weighted by atomic mass is 9.94. The number of thiophene rings is 1. The third-order valence-corrected chi connectivity index (χ3v) is 4.55. The van der Waals surface area contributed by atoms with Crippen LogP contribution in [0.3, 0.4) is 0 Å². The summed E-state index contributed by atoms with van der Waals surface area (Å²) in [6.07, 6.45) is 1.14. The highest BCUT2D eigenvalue weighted by Gasteiger charge is 2.26. The Morgan fingerprint density at radius 2 is 2.40 bits per heavy atom.